The molecule has 0 heterocycles. The number of hydrogen-bond donors (Lipinski definition) is 1. The first-order chi connectivity index (χ1) is 8.11. The lowest BCUT2D eigenvalue weighted by atomic mass is 10.0. The van der Waals surface area contributed by atoms with E-state index in [1.54, 1.807) is 6.07 Å². The molecule has 1 aromatic rings. The van der Waals surface area contributed by atoms with E-state index >= 15 is 0 Å². The van der Waals surface area contributed by atoms with E-state index in [4.69, 9.17) is 10.5 Å². The first-order valence-corrected chi connectivity index (χ1v) is 5.74. The fourth-order valence-corrected chi connectivity index (χ4v) is 1.86. The summed E-state index contributed by atoms with van der Waals surface area (Å²) in [5, 5.41) is 0. The molecule has 4 heteroatoms. The van der Waals surface area contributed by atoms with Crippen molar-refractivity contribution in [3.63, 3.8) is 0 Å². The van der Waals surface area contributed by atoms with Crippen LogP contribution < -0.4 is 10.5 Å². The van der Waals surface area contributed by atoms with E-state index in [1.165, 1.54) is 19.2 Å². The third-order valence-corrected chi connectivity index (χ3v) is 3.13. The van der Waals surface area contributed by atoms with E-state index in [0.29, 0.717) is 11.7 Å². The van der Waals surface area contributed by atoms with Gasteiger partial charge in [-0.1, -0.05) is 0 Å². The van der Waals surface area contributed by atoms with Crippen molar-refractivity contribution >= 4 is 5.78 Å². The van der Waals surface area contributed by atoms with Crippen LogP contribution in [0.2, 0.25) is 0 Å². The van der Waals surface area contributed by atoms with Crippen molar-refractivity contribution in [1.82, 2.24) is 0 Å². The summed E-state index contributed by atoms with van der Waals surface area (Å²) in [6, 6.07) is 4.12. The Labute approximate surface area is 99.8 Å². The lowest BCUT2D eigenvalue weighted by Gasteiger charge is -2.10. The summed E-state index contributed by atoms with van der Waals surface area (Å²) in [4.78, 5) is 11.8. The minimum absolute atomic E-state index is 0.0990. The number of carbonyl (C=O) groups is 1. The molecule has 0 bridgehead atoms. The van der Waals surface area contributed by atoms with Crippen LogP contribution in [0.5, 0.6) is 5.75 Å². The van der Waals surface area contributed by atoms with E-state index in [-0.39, 0.29) is 23.8 Å². The third-order valence-electron chi connectivity index (χ3n) is 3.13. The lowest BCUT2D eigenvalue weighted by molar-refractivity contribution is 0.0967. The van der Waals surface area contributed by atoms with Crippen molar-refractivity contribution in [2.24, 2.45) is 11.7 Å². The molecule has 2 N–H and O–H groups in total. The van der Waals surface area contributed by atoms with Gasteiger partial charge in [-0.05, 0) is 30.9 Å². The molecule has 1 atom stereocenters. The Kier molecular flexibility index (Phi) is 3.43. The van der Waals surface area contributed by atoms with Crippen molar-refractivity contribution in [3.8, 4) is 5.75 Å². The molecule has 1 unspecified atom stereocenters. The van der Waals surface area contributed by atoms with Crippen LogP contribution in [0.1, 0.15) is 29.6 Å². The van der Waals surface area contributed by atoms with E-state index in [2.05, 4.69) is 0 Å². The van der Waals surface area contributed by atoms with Crippen LogP contribution >= 0.6 is 0 Å². The summed E-state index contributed by atoms with van der Waals surface area (Å²) in [6.07, 6.45) is 2.38. The maximum Gasteiger partial charge on any atom is 0.167 e. The number of hydrogen-bond acceptors (Lipinski definition) is 3. The maximum atomic E-state index is 13.6. The number of nitrogens with two attached hydrogens (primary N) is 1. The fourth-order valence-electron chi connectivity index (χ4n) is 1.86. The number of rotatable bonds is 5. The lowest BCUT2D eigenvalue weighted by Crippen LogP contribution is -2.26. The average molecular weight is 237 g/mol. The summed E-state index contributed by atoms with van der Waals surface area (Å²) < 4.78 is 18.5. The Balaban J connectivity index is 2.07. The van der Waals surface area contributed by atoms with Gasteiger partial charge in [0.15, 0.2) is 5.78 Å². The second-order valence-electron chi connectivity index (χ2n) is 4.47. The Bertz CT molecular complexity index is 429. The van der Waals surface area contributed by atoms with Gasteiger partial charge in [0.2, 0.25) is 0 Å². The monoisotopic (exact) mass is 237 g/mol. The predicted octanol–water partition coefficient (Wildman–Crippen LogP) is 2.14. The van der Waals surface area contributed by atoms with Crippen molar-refractivity contribution in [2.45, 2.75) is 25.3 Å². The van der Waals surface area contributed by atoms with E-state index in [1.807, 2.05) is 0 Å². The van der Waals surface area contributed by atoms with Crippen molar-refractivity contribution in [3.05, 3.63) is 29.6 Å². The van der Waals surface area contributed by atoms with Crippen LogP contribution in [0.25, 0.3) is 0 Å². The van der Waals surface area contributed by atoms with Crippen molar-refractivity contribution in [2.75, 3.05) is 7.11 Å². The van der Waals surface area contributed by atoms with Crippen LogP contribution in [0.15, 0.2) is 18.2 Å². The molecule has 92 valence electrons. The maximum absolute atomic E-state index is 13.6. The third kappa shape index (κ3) is 2.82. The molecule has 2 rings (SSSR count). The summed E-state index contributed by atoms with van der Waals surface area (Å²) >= 11 is 0. The Hall–Kier alpha value is -1.42. The highest BCUT2D eigenvalue weighted by atomic mass is 19.1. The van der Waals surface area contributed by atoms with Crippen LogP contribution in [0, 0.1) is 11.7 Å². The Morgan fingerprint density at radius 1 is 1.59 bits per heavy atom. The molecule has 1 aromatic carbocycles. The topological polar surface area (TPSA) is 52.3 Å². The minimum Gasteiger partial charge on any atom is -0.497 e. The molecular weight excluding hydrogens is 221 g/mol. The van der Waals surface area contributed by atoms with Crippen molar-refractivity contribution in [1.29, 1.82) is 0 Å². The summed E-state index contributed by atoms with van der Waals surface area (Å²) in [5.41, 5.74) is 5.95. The van der Waals surface area contributed by atoms with Crippen LogP contribution in [-0.4, -0.2) is 18.9 Å². The van der Waals surface area contributed by atoms with Gasteiger partial charge >= 0.3 is 0 Å². The number of ether oxygens (including phenoxy) is 1. The van der Waals surface area contributed by atoms with Crippen LogP contribution in [0.3, 0.4) is 0 Å². The highest BCUT2D eigenvalue weighted by Crippen LogP contribution is 2.33. The molecule has 1 fully saturated rings. The van der Waals surface area contributed by atoms with Gasteiger partial charge in [0, 0.05) is 18.5 Å². The molecule has 0 aliphatic heterocycles. The number of ketones is 1. The molecule has 0 saturated heterocycles. The summed E-state index contributed by atoms with van der Waals surface area (Å²) in [5.74, 6) is 0.0766. The quantitative estimate of drug-likeness (QED) is 0.798. The second-order valence-corrected chi connectivity index (χ2v) is 4.47. The first kappa shape index (κ1) is 12.0. The van der Waals surface area contributed by atoms with Gasteiger partial charge in [0.05, 0.1) is 12.7 Å². The number of halogens is 1. The average Bonchev–Trinajstić information content (AvgIpc) is 3.12. The minimum atomic E-state index is -0.544. The molecule has 0 aromatic heterocycles. The van der Waals surface area contributed by atoms with Crippen molar-refractivity contribution < 1.29 is 13.9 Å². The smallest absolute Gasteiger partial charge is 0.167 e. The van der Waals surface area contributed by atoms with Crippen LogP contribution in [0.4, 0.5) is 4.39 Å². The number of methoxy groups -OCH3 is 1. The standard InChI is InChI=1S/C13H16FNO2/c1-17-9-4-5-10(11(14)6-9)13(16)7-12(15)8-2-3-8/h4-6,8,12H,2-3,7,15H2,1H3. The molecule has 17 heavy (non-hydrogen) atoms. The van der Waals surface area contributed by atoms with Gasteiger partial charge in [0.1, 0.15) is 11.6 Å². The zero-order chi connectivity index (χ0) is 12.4. The first-order valence-electron chi connectivity index (χ1n) is 5.74. The van der Waals surface area contributed by atoms with Gasteiger partial charge in [-0.25, -0.2) is 4.39 Å². The number of carbonyl (C=O) groups excluding carboxylic acids is 1. The fraction of sp³-hybridized carbons (Fsp3) is 0.462. The zero-order valence-corrected chi connectivity index (χ0v) is 9.78. The van der Waals surface area contributed by atoms with Gasteiger partial charge in [-0.15, -0.1) is 0 Å². The van der Waals surface area contributed by atoms with E-state index < -0.39 is 5.82 Å². The van der Waals surface area contributed by atoms with E-state index in [0.717, 1.165) is 12.8 Å². The molecule has 0 spiro atoms. The highest BCUT2D eigenvalue weighted by molar-refractivity contribution is 5.96. The van der Waals surface area contributed by atoms with Crippen LogP contribution in [-0.2, 0) is 0 Å². The molecule has 1 aliphatic rings. The SMILES string of the molecule is COc1ccc(C(=O)CC(N)C2CC2)c(F)c1. The normalized spacial score (nSPS) is 16.6. The largest absolute Gasteiger partial charge is 0.497 e. The predicted molar refractivity (Wildman–Crippen MR) is 62.6 cm³/mol. The molecule has 1 saturated carbocycles. The Morgan fingerprint density at radius 3 is 2.82 bits per heavy atom. The van der Waals surface area contributed by atoms with Gasteiger partial charge in [-0.3, -0.25) is 4.79 Å². The molecule has 1 aliphatic carbocycles. The Morgan fingerprint density at radius 2 is 2.29 bits per heavy atom. The number of Topliss-reactive ketones (excluding diaryl/α,β-unsaturated/α-hetero) is 1. The van der Waals surface area contributed by atoms with Gasteiger partial charge in [-0.2, -0.15) is 0 Å². The molecule has 0 radical (unpaired) electrons. The second kappa shape index (κ2) is 4.84. The van der Waals surface area contributed by atoms with Gasteiger partial charge < -0.3 is 10.5 Å². The molecule has 3 nitrogen and oxygen atoms in total. The van der Waals surface area contributed by atoms with Gasteiger partial charge in [0.25, 0.3) is 0 Å². The highest BCUT2D eigenvalue weighted by Gasteiger charge is 2.30. The summed E-state index contributed by atoms with van der Waals surface area (Å²) in [7, 11) is 1.46. The summed E-state index contributed by atoms with van der Waals surface area (Å²) in [6.45, 7) is 0. The zero-order valence-electron chi connectivity index (χ0n) is 9.78. The number of benzene rings is 1. The van der Waals surface area contributed by atoms with E-state index in [9.17, 15) is 9.18 Å². The molecule has 0 amide bonds. The molecular formula is C13H16FNO2.